The second kappa shape index (κ2) is 6.68. The van der Waals surface area contributed by atoms with Crippen LogP contribution < -0.4 is 0 Å². The summed E-state index contributed by atoms with van der Waals surface area (Å²) in [6, 6.07) is 9.91. The molecule has 1 heterocycles. The fourth-order valence-electron chi connectivity index (χ4n) is 2.39. The van der Waals surface area contributed by atoms with Gasteiger partial charge < -0.3 is 9.84 Å². The normalized spacial score (nSPS) is 12.6. The van der Waals surface area contributed by atoms with Gasteiger partial charge in [-0.1, -0.05) is 31.2 Å². The molecule has 108 valence electrons. The average molecular weight is 274 g/mol. The van der Waals surface area contributed by atoms with Crippen LogP contribution in [0.15, 0.2) is 30.3 Å². The van der Waals surface area contributed by atoms with Gasteiger partial charge >= 0.3 is 0 Å². The first-order chi connectivity index (χ1) is 9.65. The summed E-state index contributed by atoms with van der Waals surface area (Å²) >= 11 is 0. The molecule has 2 aromatic rings. The highest BCUT2D eigenvalue weighted by atomic mass is 16.5. The number of aliphatic hydroxyl groups excluding tert-OH is 1. The van der Waals surface area contributed by atoms with E-state index in [2.05, 4.69) is 18.1 Å². The van der Waals surface area contributed by atoms with Crippen molar-refractivity contribution in [3.05, 3.63) is 52.8 Å². The zero-order valence-electron chi connectivity index (χ0n) is 12.3. The highest BCUT2D eigenvalue weighted by molar-refractivity contribution is 5.29. The average Bonchev–Trinajstić information content (AvgIpc) is 2.80. The van der Waals surface area contributed by atoms with Gasteiger partial charge in [0.2, 0.25) is 0 Å². The van der Waals surface area contributed by atoms with Crippen molar-refractivity contribution in [1.29, 1.82) is 0 Å². The van der Waals surface area contributed by atoms with E-state index in [1.807, 2.05) is 36.0 Å². The van der Waals surface area contributed by atoms with Crippen LogP contribution in [0.2, 0.25) is 0 Å². The van der Waals surface area contributed by atoms with E-state index in [-0.39, 0.29) is 0 Å². The zero-order chi connectivity index (χ0) is 14.5. The van der Waals surface area contributed by atoms with Crippen molar-refractivity contribution in [1.82, 2.24) is 9.78 Å². The molecule has 1 aromatic heterocycles. The molecule has 1 unspecified atom stereocenters. The van der Waals surface area contributed by atoms with E-state index < -0.39 is 6.10 Å². The zero-order valence-corrected chi connectivity index (χ0v) is 12.3. The Bertz CT molecular complexity index is 563. The number of methoxy groups -OCH3 is 1. The van der Waals surface area contributed by atoms with Crippen molar-refractivity contribution in [2.75, 3.05) is 7.11 Å². The minimum atomic E-state index is -0.540. The van der Waals surface area contributed by atoms with Crippen molar-refractivity contribution >= 4 is 0 Å². The molecular formula is C16H22N2O2. The summed E-state index contributed by atoms with van der Waals surface area (Å²) in [5, 5.41) is 14.9. The first kappa shape index (κ1) is 14.8. The fraction of sp³-hybridized carbons (Fsp3) is 0.438. The van der Waals surface area contributed by atoms with E-state index in [1.165, 1.54) is 0 Å². The maximum absolute atomic E-state index is 10.5. The Balaban J connectivity index is 2.19. The van der Waals surface area contributed by atoms with Gasteiger partial charge in [0.1, 0.15) is 0 Å². The first-order valence-electron chi connectivity index (χ1n) is 6.92. The molecule has 0 aliphatic rings. The molecule has 4 nitrogen and oxygen atoms in total. The van der Waals surface area contributed by atoms with Crippen LogP contribution in [-0.4, -0.2) is 22.0 Å². The number of rotatable bonds is 6. The summed E-state index contributed by atoms with van der Waals surface area (Å²) in [7, 11) is 3.58. The number of ether oxygens (including phenoxy) is 1. The Morgan fingerprint density at radius 3 is 2.75 bits per heavy atom. The molecule has 1 aromatic carbocycles. The number of nitrogens with zero attached hydrogens (tertiary/aromatic N) is 2. The molecular weight excluding hydrogens is 252 g/mol. The smallest absolute Gasteiger partial charge is 0.0848 e. The molecule has 0 radical (unpaired) electrons. The van der Waals surface area contributed by atoms with Crippen LogP contribution in [-0.2, 0) is 31.2 Å². The van der Waals surface area contributed by atoms with Crippen molar-refractivity contribution in [2.24, 2.45) is 7.05 Å². The van der Waals surface area contributed by atoms with E-state index in [4.69, 9.17) is 4.74 Å². The van der Waals surface area contributed by atoms with Gasteiger partial charge in [-0.05, 0) is 23.6 Å². The Kier molecular flexibility index (Phi) is 4.93. The van der Waals surface area contributed by atoms with E-state index in [9.17, 15) is 5.11 Å². The van der Waals surface area contributed by atoms with Gasteiger partial charge in [0, 0.05) is 26.3 Å². The SMILES string of the molecule is CCc1cc(CC(O)c2ccccc2COC)n(C)n1. The van der Waals surface area contributed by atoms with Gasteiger partial charge in [0.15, 0.2) is 0 Å². The van der Waals surface area contributed by atoms with Crippen molar-refractivity contribution in [3.63, 3.8) is 0 Å². The summed E-state index contributed by atoms with van der Waals surface area (Å²) in [5.41, 5.74) is 4.05. The summed E-state index contributed by atoms with van der Waals surface area (Å²) in [4.78, 5) is 0. The molecule has 0 saturated carbocycles. The topological polar surface area (TPSA) is 47.3 Å². The Hall–Kier alpha value is -1.65. The summed E-state index contributed by atoms with van der Waals surface area (Å²) in [6.45, 7) is 2.59. The summed E-state index contributed by atoms with van der Waals surface area (Å²) in [5.74, 6) is 0. The maximum atomic E-state index is 10.5. The molecule has 2 rings (SSSR count). The third kappa shape index (κ3) is 3.26. The molecule has 1 N–H and O–H groups in total. The van der Waals surface area contributed by atoms with Gasteiger partial charge in [-0.3, -0.25) is 4.68 Å². The van der Waals surface area contributed by atoms with Gasteiger partial charge in [0.25, 0.3) is 0 Å². The van der Waals surface area contributed by atoms with E-state index in [1.54, 1.807) is 7.11 Å². The van der Waals surface area contributed by atoms with Crippen LogP contribution >= 0.6 is 0 Å². The molecule has 1 atom stereocenters. The van der Waals surface area contributed by atoms with Gasteiger partial charge in [-0.25, -0.2) is 0 Å². The Labute approximate surface area is 120 Å². The van der Waals surface area contributed by atoms with Crippen LogP contribution in [0.1, 0.15) is 35.5 Å². The lowest BCUT2D eigenvalue weighted by Crippen LogP contribution is -2.09. The molecule has 0 spiro atoms. The summed E-state index contributed by atoms with van der Waals surface area (Å²) in [6.07, 6.45) is 0.926. The second-order valence-electron chi connectivity index (χ2n) is 4.96. The molecule has 0 amide bonds. The second-order valence-corrected chi connectivity index (χ2v) is 4.96. The third-order valence-electron chi connectivity index (χ3n) is 3.51. The van der Waals surface area contributed by atoms with Crippen LogP contribution in [0.3, 0.4) is 0 Å². The van der Waals surface area contributed by atoms with Crippen LogP contribution in [0.4, 0.5) is 0 Å². The number of aryl methyl sites for hydroxylation is 2. The van der Waals surface area contributed by atoms with Crippen LogP contribution in [0, 0.1) is 0 Å². The van der Waals surface area contributed by atoms with Crippen molar-refractivity contribution < 1.29 is 9.84 Å². The quantitative estimate of drug-likeness (QED) is 0.880. The number of hydrogen-bond donors (Lipinski definition) is 1. The van der Waals surface area contributed by atoms with Gasteiger partial charge in [-0.2, -0.15) is 5.10 Å². The predicted molar refractivity (Wildman–Crippen MR) is 78.4 cm³/mol. The highest BCUT2D eigenvalue weighted by Crippen LogP contribution is 2.22. The standard InChI is InChI=1S/C16H22N2O2/c1-4-13-9-14(18(2)17-13)10-16(19)15-8-6-5-7-12(15)11-20-3/h5-9,16,19H,4,10-11H2,1-3H3. The van der Waals surface area contributed by atoms with Crippen molar-refractivity contribution in [3.8, 4) is 0 Å². The lowest BCUT2D eigenvalue weighted by atomic mass is 9.99. The Morgan fingerprint density at radius 2 is 2.10 bits per heavy atom. The van der Waals surface area contributed by atoms with Gasteiger partial charge in [0.05, 0.1) is 18.4 Å². The van der Waals surface area contributed by atoms with Crippen LogP contribution in [0.25, 0.3) is 0 Å². The fourth-order valence-corrected chi connectivity index (χ4v) is 2.39. The van der Waals surface area contributed by atoms with Crippen molar-refractivity contribution in [2.45, 2.75) is 32.5 Å². The van der Waals surface area contributed by atoms with E-state index in [0.717, 1.165) is 28.9 Å². The minimum Gasteiger partial charge on any atom is -0.388 e. The molecule has 0 aliphatic heterocycles. The molecule has 20 heavy (non-hydrogen) atoms. The number of hydrogen-bond acceptors (Lipinski definition) is 3. The van der Waals surface area contributed by atoms with E-state index in [0.29, 0.717) is 13.0 Å². The van der Waals surface area contributed by atoms with Crippen LogP contribution in [0.5, 0.6) is 0 Å². The minimum absolute atomic E-state index is 0.513. The maximum Gasteiger partial charge on any atom is 0.0848 e. The molecule has 0 saturated heterocycles. The lowest BCUT2D eigenvalue weighted by Gasteiger charge is -2.15. The summed E-state index contributed by atoms with van der Waals surface area (Å²) < 4.78 is 7.03. The molecule has 0 aliphatic carbocycles. The largest absolute Gasteiger partial charge is 0.388 e. The predicted octanol–water partition coefficient (Wildman–Crippen LogP) is 2.41. The Morgan fingerprint density at radius 1 is 1.35 bits per heavy atom. The van der Waals surface area contributed by atoms with Gasteiger partial charge in [-0.15, -0.1) is 0 Å². The number of benzene rings is 1. The first-order valence-corrected chi connectivity index (χ1v) is 6.92. The highest BCUT2D eigenvalue weighted by Gasteiger charge is 2.15. The number of aromatic nitrogens is 2. The molecule has 4 heteroatoms. The number of aliphatic hydroxyl groups is 1. The lowest BCUT2D eigenvalue weighted by molar-refractivity contribution is 0.160. The monoisotopic (exact) mass is 274 g/mol. The molecule has 0 fully saturated rings. The third-order valence-corrected chi connectivity index (χ3v) is 3.51. The molecule has 0 bridgehead atoms. The van der Waals surface area contributed by atoms with E-state index >= 15 is 0 Å².